The van der Waals surface area contributed by atoms with Gasteiger partial charge in [0.2, 0.25) is 5.91 Å². The fraction of sp³-hybridized carbons (Fsp3) is 0.900. The monoisotopic (exact) mass is 202 g/mol. The number of amides is 1. The van der Waals surface area contributed by atoms with Crippen LogP contribution in [0.25, 0.3) is 0 Å². The van der Waals surface area contributed by atoms with Gasteiger partial charge in [0.05, 0.1) is 18.6 Å². The molecule has 0 aromatic carbocycles. The Bertz CT molecular complexity index is 168. The first-order valence-corrected chi connectivity index (χ1v) is 5.18. The second kappa shape index (κ2) is 6.79. The zero-order chi connectivity index (χ0) is 11.1. The van der Waals surface area contributed by atoms with E-state index in [1.54, 1.807) is 0 Å². The Morgan fingerprint density at radius 1 is 1.50 bits per heavy atom. The molecule has 14 heavy (non-hydrogen) atoms. The third kappa shape index (κ3) is 4.07. The molecule has 0 aliphatic carbocycles. The SMILES string of the molecule is CC[C@H](CO)NC(=O)C(CN)C(C)C. The highest BCUT2D eigenvalue weighted by atomic mass is 16.3. The van der Waals surface area contributed by atoms with Gasteiger partial charge in [-0.15, -0.1) is 0 Å². The van der Waals surface area contributed by atoms with Gasteiger partial charge in [-0.2, -0.15) is 0 Å². The quantitative estimate of drug-likeness (QED) is 0.572. The normalized spacial score (nSPS) is 15.3. The largest absolute Gasteiger partial charge is 0.394 e. The predicted octanol–water partition coefficient (Wildman–Crippen LogP) is 0.104. The van der Waals surface area contributed by atoms with E-state index in [0.717, 1.165) is 6.42 Å². The van der Waals surface area contributed by atoms with E-state index in [9.17, 15) is 4.79 Å². The lowest BCUT2D eigenvalue weighted by Crippen LogP contribution is -2.44. The third-order valence-corrected chi connectivity index (χ3v) is 2.46. The molecule has 0 saturated heterocycles. The first-order valence-electron chi connectivity index (χ1n) is 5.18. The maximum absolute atomic E-state index is 11.6. The van der Waals surface area contributed by atoms with E-state index in [1.165, 1.54) is 0 Å². The molecule has 0 radical (unpaired) electrons. The number of aliphatic hydroxyl groups excluding tert-OH is 1. The van der Waals surface area contributed by atoms with Crippen LogP contribution in [0.4, 0.5) is 0 Å². The summed E-state index contributed by atoms with van der Waals surface area (Å²) in [6.45, 7) is 6.20. The summed E-state index contributed by atoms with van der Waals surface area (Å²) >= 11 is 0. The Morgan fingerprint density at radius 2 is 2.07 bits per heavy atom. The van der Waals surface area contributed by atoms with Crippen molar-refractivity contribution in [2.75, 3.05) is 13.2 Å². The molecule has 4 nitrogen and oxygen atoms in total. The van der Waals surface area contributed by atoms with Crippen molar-refractivity contribution in [1.82, 2.24) is 5.32 Å². The van der Waals surface area contributed by atoms with Gasteiger partial charge >= 0.3 is 0 Å². The summed E-state index contributed by atoms with van der Waals surface area (Å²) in [5.74, 6) is 0.0233. The molecule has 4 heteroatoms. The van der Waals surface area contributed by atoms with E-state index in [2.05, 4.69) is 5.32 Å². The summed E-state index contributed by atoms with van der Waals surface area (Å²) in [7, 11) is 0. The maximum Gasteiger partial charge on any atom is 0.224 e. The number of rotatable bonds is 6. The molecule has 0 spiro atoms. The van der Waals surface area contributed by atoms with Crippen LogP contribution in [0.1, 0.15) is 27.2 Å². The molecule has 4 N–H and O–H groups in total. The zero-order valence-corrected chi connectivity index (χ0v) is 9.29. The van der Waals surface area contributed by atoms with Gasteiger partial charge in [-0.1, -0.05) is 20.8 Å². The number of aliphatic hydroxyl groups is 1. The van der Waals surface area contributed by atoms with Crippen LogP contribution in [0.15, 0.2) is 0 Å². The molecule has 0 bridgehead atoms. The molecule has 84 valence electrons. The van der Waals surface area contributed by atoms with Crippen LogP contribution >= 0.6 is 0 Å². The van der Waals surface area contributed by atoms with E-state index in [-0.39, 0.29) is 30.4 Å². The maximum atomic E-state index is 11.6. The highest BCUT2D eigenvalue weighted by Crippen LogP contribution is 2.09. The van der Waals surface area contributed by atoms with Gasteiger partial charge < -0.3 is 16.2 Å². The van der Waals surface area contributed by atoms with Crippen molar-refractivity contribution in [1.29, 1.82) is 0 Å². The summed E-state index contributed by atoms with van der Waals surface area (Å²) in [6.07, 6.45) is 0.734. The molecule has 0 aliphatic heterocycles. The van der Waals surface area contributed by atoms with Crippen molar-refractivity contribution in [2.45, 2.75) is 33.2 Å². The predicted molar refractivity (Wildman–Crippen MR) is 56.7 cm³/mol. The molecule has 0 heterocycles. The second-order valence-corrected chi connectivity index (χ2v) is 3.88. The molecular formula is C10H22N2O2. The third-order valence-electron chi connectivity index (χ3n) is 2.46. The van der Waals surface area contributed by atoms with E-state index in [1.807, 2.05) is 20.8 Å². The summed E-state index contributed by atoms with van der Waals surface area (Å²) in [4.78, 5) is 11.6. The van der Waals surface area contributed by atoms with Gasteiger partial charge in [0.25, 0.3) is 0 Å². The van der Waals surface area contributed by atoms with Crippen LogP contribution in [0.2, 0.25) is 0 Å². The second-order valence-electron chi connectivity index (χ2n) is 3.88. The molecule has 1 amide bonds. The van der Waals surface area contributed by atoms with Crippen LogP contribution in [0, 0.1) is 11.8 Å². The summed E-state index contributed by atoms with van der Waals surface area (Å²) in [6, 6.07) is -0.143. The molecule has 0 aromatic rings. The Morgan fingerprint density at radius 3 is 2.36 bits per heavy atom. The van der Waals surface area contributed by atoms with Crippen LogP contribution in [0.3, 0.4) is 0 Å². The standard InChI is InChI=1S/C10H22N2O2/c1-4-8(6-13)12-10(14)9(5-11)7(2)3/h7-9,13H,4-6,11H2,1-3H3,(H,12,14)/t8-,9?/m1/s1. The van der Waals surface area contributed by atoms with Gasteiger partial charge in [0.15, 0.2) is 0 Å². The zero-order valence-electron chi connectivity index (χ0n) is 9.29. The lowest BCUT2D eigenvalue weighted by molar-refractivity contribution is -0.127. The molecular weight excluding hydrogens is 180 g/mol. The Kier molecular flexibility index (Phi) is 6.49. The molecule has 0 aliphatic rings. The average molecular weight is 202 g/mol. The lowest BCUT2D eigenvalue weighted by atomic mass is 9.95. The van der Waals surface area contributed by atoms with Gasteiger partial charge in [0, 0.05) is 6.54 Å². The first-order chi connectivity index (χ1) is 6.56. The van der Waals surface area contributed by atoms with E-state index < -0.39 is 0 Å². The molecule has 0 rings (SSSR count). The van der Waals surface area contributed by atoms with E-state index >= 15 is 0 Å². The summed E-state index contributed by atoms with van der Waals surface area (Å²) in [5.41, 5.74) is 5.51. The van der Waals surface area contributed by atoms with Crippen LogP contribution < -0.4 is 11.1 Å². The van der Waals surface area contributed by atoms with Crippen molar-refractivity contribution in [3.8, 4) is 0 Å². The molecule has 0 saturated carbocycles. The Labute approximate surface area is 85.9 Å². The number of carbonyl (C=O) groups excluding carboxylic acids is 1. The topological polar surface area (TPSA) is 75.3 Å². The highest BCUT2D eigenvalue weighted by molar-refractivity contribution is 5.79. The number of nitrogens with two attached hydrogens (primary N) is 1. The van der Waals surface area contributed by atoms with Crippen molar-refractivity contribution in [3.63, 3.8) is 0 Å². The molecule has 2 atom stereocenters. The van der Waals surface area contributed by atoms with Gasteiger partial charge in [-0.05, 0) is 12.3 Å². The summed E-state index contributed by atoms with van der Waals surface area (Å²) in [5, 5.41) is 11.7. The minimum absolute atomic E-state index is 0.0162. The van der Waals surface area contributed by atoms with E-state index in [4.69, 9.17) is 10.8 Å². The van der Waals surface area contributed by atoms with Crippen LogP contribution in [-0.4, -0.2) is 30.2 Å². The number of hydrogen-bond acceptors (Lipinski definition) is 3. The number of carbonyl (C=O) groups is 1. The van der Waals surface area contributed by atoms with Gasteiger partial charge in [0.1, 0.15) is 0 Å². The van der Waals surface area contributed by atoms with Crippen molar-refractivity contribution in [3.05, 3.63) is 0 Å². The average Bonchev–Trinajstić information content (AvgIpc) is 2.14. The fourth-order valence-corrected chi connectivity index (χ4v) is 1.27. The van der Waals surface area contributed by atoms with Gasteiger partial charge in [-0.3, -0.25) is 4.79 Å². The van der Waals surface area contributed by atoms with Gasteiger partial charge in [-0.25, -0.2) is 0 Å². The smallest absolute Gasteiger partial charge is 0.224 e. The number of hydrogen-bond donors (Lipinski definition) is 3. The first kappa shape index (κ1) is 13.4. The molecule has 0 fully saturated rings. The van der Waals surface area contributed by atoms with E-state index in [0.29, 0.717) is 6.54 Å². The Balaban J connectivity index is 4.16. The summed E-state index contributed by atoms with van der Waals surface area (Å²) < 4.78 is 0. The van der Waals surface area contributed by atoms with Crippen LogP contribution in [0.5, 0.6) is 0 Å². The van der Waals surface area contributed by atoms with Crippen molar-refractivity contribution in [2.24, 2.45) is 17.6 Å². The minimum Gasteiger partial charge on any atom is -0.394 e. The lowest BCUT2D eigenvalue weighted by Gasteiger charge is -2.21. The minimum atomic E-state index is -0.157. The number of nitrogens with one attached hydrogen (secondary N) is 1. The Hall–Kier alpha value is -0.610. The van der Waals surface area contributed by atoms with Crippen molar-refractivity contribution >= 4 is 5.91 Å². The highest BCUT2D eigenvalue weighted by Gasteiger charge is 2.21. The molecule has 0 aromatic heterocycles. The van der Waals surface area contributed by atoms with Crippen molar-refractivity contribution < 1.29 is 9.90 Å². The fourth-order valence-electron chi connectivity index (χ4n) is 1.27. The molecule has 1 unspecified atom stereocenters. The van der Waals surface area contributed by atoms with Crippen LogP contribution in [-0.2, 0) is 4.79 Å².